The molecular weight excluding hydrogens is 403 g/mol. The summed E-state index contributed by atoms with van der Waals surface area (Å²) < 4.78 is 0. The first kappa shape index (κ1) is 17.4. The number of thiazole rings is 1. The van der Waals surface area contributed by atoms with Gasteiger partial charge in [0.25, 0.3) is 0 Å². The maximum Gasteiger partial charge on any atom is 0.194 e. The zero-order valence-corrected chi connectivity index (χ0v) is 15.8. The number of hydrogen-bond donors (Lipinski definition) is 1. The van der Waals surface area contributed by atoms with Crippen LogP contribution in [0, 0.1) is 6.92 Å². The Morgan fingerprint density at radius 3 is 2.80 bits per heavy atom. The van der Waals surface area contributed by atoms with Crippen LogP contribution in [0.5, 0.6) is 0 Å². The van der Waals surface area contributed by atoms with Gasteiger partial charge in [0.15, 0.2) is 5.96 Å². The standard InChI is InChI=1S/C13H18N4S2.HI/c1-10-16-11(9-19-10)8-17(3)13(14-2)15-7-12-5-4-6-18-12;/h4-6,9H,7-8H2,1-3H3,(H,14,15);1H. The molecule has 0 aliphatic rings. The number of aromatic nitrogens is 1. The fourth-order valence-electron chi connectivity index (χ4n) is 1.76. The molecular formula is C13H19IN4S2. The summed E-state index contributed by atoms with van der Waals surface area (Å²) in [5, 5.41) is 8.64. The second-order valence-electron chi connectivity index (χ2n) is 4.19. The number of nitrogens with one attached hydrogen (secondary N) is 1. The SMILES string of the molecule is CN=C(NCc1cccs1)N(C)Cc1csc(C)n1.I. The first-order valence-electron chi connectivity index (χ1n) is 6.04. The fourth-order valence-corrected chi connectivity index (χ4v) is 3.01. The van der Waals surface area contributed by atoms with E-state index in [2.05, 4.69) is 43.1 Å². The van der Waals surface area contributed by atoms with Crippen LogP contribution in [0.15, 0.2) is 27.9 Å². The summed E-state index contributed by atoms with van der Waals surface area (Å²) in [6, 6.07) is 4.18. The zero-order valence-electron chi connectivity index (χ0n) is 11.8. The largest absolute Gasteiger partial charge is 0.351 e. The van der Waals surface area contributed by atoms with Gasteiger partial charge < -0.3 is 10.2 Å². The number of nitrogens with zero attached hydrogens (tertiary/aromatic N) is 3. The molecule has 0 bridgehead atoms. The minimum Gasteiger partial charge on any atom is -0.351 e. The number of aliphatic imine (C=N–C) groups is 1. The maximum atomic E-state index is 4.47. The number of guanidine groups is 1. The van der Waals surface area contributed by atoms with Gasteiger partial charge >= 0.3 is 0 Å². The third kappa shape index (κ3) is 5.02. The first-order chi connectivity index (χ1) is 9.19. The second-order valence-corrected chi connectivity index (χ2v) is 6.29. The first-order valence-corrected chi connectivity index (χ1v) is 7.80. The van der Waals surface area contributed by atoms with Gasteiger partial charge in [0.05, 0.1) is 23.8 Å². The van der Waals surface area contributed by atoms with E-state index in [1.165, 1.54) is 4.88 Å². The lowest BCUT2D eigenvalue weighted by molar-refractivity contribution is 0.471. The Balaban J connectivity index is 0.00000200. The molecule has 2 rings (SSSR count). The minimum atomic E-state index is 0. The van der Waals surface area contributed by atoms with Crippen molar-refractivity contribution in [2.75, 3.05) is 14.1 Å². The van der Waals surface area contributed by atoms with Gasteiger partial charge in [-0.05, 0) is 18.4 Å². The van der Waals surface area contributed by atoms with Crippen molar-refractivity contribution in [3.8, 4) is 0 Å². The molecule has 0 aliphatic heterocycles. The van der Waals surface area contributed by atoms with E-state index in [9.17, 15) is 0 Å². The van der Waals surface area contributed by atoms with Crippen molar-refractivity contribution in [2.24, 2.45) is 4.99 Å². The Morgan fingerprint density at radius 2 is 2.25 bits per heavy atom. The molecule has 0 fully saturated rings. The highest BCUT2D eigenvalue weighted by Crippen LogP contribution is 2.10. The summed E-state index contributed by atoms with van der Waals surface area (Å²) in [6.07, 6.45) is 0. The van der Waals surface area contributed by atoms with E-state index in [1.54, 1.807) is 29.7 Å². The number of halogens is 1. The number of hydrogen-bond acceptors (Lipinski definition) is 4. The molecule has 0 saturated heterocycles. The van der Waals surface area contributed by atoms with Crippen molar-refractivity contribution in [1.29, 1.82) is 0 Å². The summed E-state index contributed by atoms with van der Waals surface area (Å²) in [6.45, 7) is 3.61. The summed E-state index contributed by atoms with van der Waals surface area (Å²) >= 11 is 3.43. The Kier molecular flexibility index (Phi) is 7.46. The van der Waals surface area contributed by atoms with E-state index in [0.29, 0.717) is 0 Å². The smallest absolute Gasteiger partial charge is 0.194 e. The summed E-state index contributed by atoms with van der Waals surface area (Å²) in [5.41, 5.74) is 1.09. The van der Waals surface area contributed by atoms with Crippen molar-refractivity contribution in [1.82, 2.24) is 15.2 Å². The second kappa shape index (κ2) is 8.58. The maximum absolute atomic E-state index is 4.47. The molecule has 0 saturated carbocycles. The lowest BCUT2D eigenvalue weighted by Crippen LogP contribution is -2.37. The fraction of sp³-hybridized carbons (Fsp3) is 0.385. The Labute approximate surface area is 145 Å². The van der Waals surface area contributed by atoms with Crippen LogP contribution in [0.2, 0.25) is 0 Å². The highest BCUT2D eigenvalue weighted by atomic mass is 127. The highest BCUT2D eigenvalue weighted by molar-refractivity contribution is 14.0. The van der Waals surface area contributed by atoms with Crippen LogP contribution in [-0.4, -0.2) is 29.9 Å². The van der Waals surface area contributed by atoms with Crippen LogP contribution in [0.3, 0.4) is 0 Å². The molecule has 0 aliphatic carbocycles. The van der Waals surface area contributed by atoms with Gasteiger partial charge in [-0.1, -0.05) is 6.07 Å². The molecule has 4 nitrogen and oxygen atoms in total. The van der Waals surface area contributed by atoms with Gasteiger partial charge in [0.2, 0.25) is 0 Å². The monoisotopic (exact) mass is 422 g/mol. The van der Waals surface area contributed by atoms with E-state index in [-0.39, 0.29) is 24.0 Å². The molecule has 0 amide bonds. The molecule has 20 heavy (non-hydrogen) atoms. The molecule has 0 spiro atoms. The van der Waals surface area contributed by atoms with E-state index in [4.69, 9.17) is 0 Å². The Bertz CT molecular complexity index is 536. The van der Waals surface area contributed by atoms with E-state index < -0.39 is 0 Å². The van der Waals surface area contributed by atoms with Crippen LogP contribution in [0.1, 0.15) is 15.6 Å². The van der Waals surface area contributed by atoms with Crippen LogP contribution in [-0.2, 0) is 13.1 Å². The summed E-state index contributed by atoms with van der Waals surface area (Å²) in [4.78, 5) is 12.2. The predicted molar refractivity (Wildman–Crippen MR) is 98.3 cm³/mol. The van der Waals surface area contributed by atoms with Crippen molar-refractivity contribution in [3.63, 3.8) is 0 Å². The molecule has 7 heteroatoms. The van der Waals surface area contributed by atoms with Crippen LogP contribution in [0.25, 0.3) is 0 Å². The lowest BCUT2D eigenvalue weighted by Gasteiger charge is -2.20. The van der Waals surface area contributed by atoms with E-state index >= 15 is 0 Å². The average molecular weight is 422 g/mol. The van der Waals surface area contributed by atoms with E-state index in [1.807, 2.05) is 14.0 Å². The van der Waals surface area contributed by atoms with Gasteiger partial charge in [-0.2, -0.15) is 0 Å². The molecule has 0 radical (unpaired) electrons. The molecule has 0 atom stereocenters. The topological polar surface area (TPSA) is 40.5 Å². The van der Waals surface area contributed by atoms with Crippen LogP contribution < -0.4 is 5.32 Å². The van der Waals surface area contributed by atoms with E-state index in [0.717, 1.165) is 29.8 Å². The van der Waals surface area contributed by atoms with Gasteiger partial charge in [0.1, 0.15) is 0 Å². The Morgan fingerprint density at radius 1 is 1.45 bits per heavy atom. The number of thiophene rings is 1. The molecule has 110 valence electrons. The minimum absolute atomic E-state index is 0. The van der Waals surface area contributed by atoms with Crippen molar-refractivity contribution in [3.05, 3.63) is 38.5 Å². The molecule has 2 aromatic heterocycles. The van der Waals surface area contributed by atoms with Crippen molar-refractivity contribution >= 4 is 52.6 Å². The molecule has 2 aromatic rings. The molecule has 0 unspecified atom stereocenters. The van der Waals surface area contributed by atoms with Gasteiger partial charge in [-0.3, -0.25) is 4.99 Å². The lowest BCUT2D eigenvalue weighted by atomic mass is 10.4. The molecule has 1 N–H and O–H groups in total. The Hall–Kier alpha value is -0.670. The van der Waals surface area contributed by atoms with Gasteiger partial charge in [-0.15, -0.1) is 46.7 Å². The third-order valence-corrected chi connectivity index (χ3v) is 4.34. The predicted octanol–water partition coefficient (Wildman–Crippen LogP) is 3.34. The normalized spacial score (nSPS) is 11.1. The zero-order chi connectivity index (χ0) is 13.7. The molecule has 2 heterocycles. The summed E-state index contributed by atoms with van der Waals surface area (Å²) in [7, 11) is 3.83. The summed E-state index contributed by atoms with van der Waals surface area (Å²) in [5.74, 6) is 0.888. The average Bonchev–Trinajstić information content (AvgIpc) is 3.02. The number of rotatable bonds is 4. The third-order valence-electron chi connectivity index (χ3n) is 2.64. The molecule has 0 aromatic carbocycles. The van der Waals surface area contributed by atoms with Crippen LogP contribution >= 0.6 is 46.7 Å². The quantitative estimate of drug-likeness (QED) is 0.467. The highest BCUT2D eigenvalue weighted by Gasteiger charge is 2.08. The van der Waals surface area contributed by atoms with Gasteiger partial charge in [0, 0.05) is 24.4 Å². The van der Waals surface area contributed by atoms with Crippen molar-refractivity contribution < 1.29 is 0 Å². The van der Waals surface area contributed by atoms with Crippen molar-refractivity contribution in [2.45, 2.75) is 20.0 Å². The number of aryl methyl sites for hydroxylation is 1. The van der Waals surface area contributed by atoms with Gasteiger partial charge in [-0.25, -0.2) is 4.98 Å². The van der Waals surface area contributed by atoms with Crippen LogP contribution in [0.4, 0.5) is 0 Å².